The van der Waals surface area contributed by atoms with E-state index in [0.29, 0.717) is 64.6 Å². The molecule has 13 nitrogen and oxygen atoms in total. The van der Waals surface area contributed by atoms with E-state index in [9.17, 15) is 24.3 Å². The van der Waals surface area contributed by atoms with Gasteiger partial charge in [-0.25, -0.2) is 0 Å². The Morgan fingerprint density at radius 3 is 2.27 bits per heavy atom. The van der Waals surface area contributed by atoms with Crippen LogP contribution in [0, 0.1) is 11.3 Å². The summed E-state index contributed by atoms with van der Waals surface area (Å²) in [6.45, 7) is 6.07. The Bertz CT molecular complexity index is 791. The van der Waals surface area contributed by atoms with Crippen molar-refractivity contribution >= 4 is 29.5 Å². The maximum atomic E-state index is 13.5. The first kappa shape index (κ1) is 32.3. The molecule has 0 bridgehead atoms. The van der Waals surface area contributed by atoms with Crippen molar-refractivity contribution in [2.24, 2.45) is 23.1 Å². The number of Topliss-reactive ketones (excluding diaryl/α,β-unsaturated/α-hetero) is 1. The van der Waals surface area contributed by atoms with Gasteiger partial charge in [0.15, 0.2) is 11.7 Å². The Kier molecular flexibility index (Phi) is 14.1. The van der Waals surface area contributed by atoms with E-state index in [4.69, 9.17) is 22.6 Å². The number of carbonyl (C=O) groups is 4. The fraction of sp³-hybridized carbons (Fsp3) is 0.792. The zero-order valence-corrected chi connectivity index (χ0v) is 22.3. The molecule has 1 aliphatic rings. The van der Waals surface area contributed by atoms with Crippen molar-refractivity contribution in [3.8, 4) is 0 Å². The lowest BCUT2D eigenvalue weighted by Crippen LogP contribution is -2.58. The van der Waals surface area contributed by atoms with E-state index in [0.717, 1.165) is 0 Å². The van der Waals surface area contributed by atoms with Gasteiger partial charge < -0.3 is 43.2 Å². The van der Waals surface area contributed by atoms with Crippen LogP contribution in [0.3, 0.4) is 0 Å². The molecule has 212 valence electrons. The van der Waals surface area contributed by atoms with Crippen LogP contribution in [0.4, 0.5) is 0 Å². The highest BCUT2D eigenvalue weighted by Crippen LogP contribution is 2.21. The van der Waals surface area contributed by atoms with Crippen molar-refractivity contribution in [1.29, 1.82) is 5.41 Å². The quantitative estimate of drug-likeness (QED) is 0.0648. The number of likely N-dealkylation sites (tertiary alicyclic amines) is 1. The summed E-state index contributed by atoms with van der Waals surface area (Å²) in [5, 5.41) is 25.0. The van der Waals surface area contributed by atoms with E-state index in [1.54, 1.807) is 13.8 Å². The first-order chi connectivity index (χ1) is 17.4. The van der Waals surface area contributed by atoms with E-state index < -0.39 is 48.0 Å². The van der Waals surface area contributed by atoms with Crippen molar-refractivity contribution in [1.82, 2.24) is 20.9 Å². The van der Waals surface area contributed by atoms with Gasteiger partial charge in [-0.3, -0.25) is 24.6 Å². The summed E-state index contributed by atoms with van der Waals surface area (Å²) in [5.41, 5.74) is 16.6. The Balaban J connectivity index is 2.97. The molecule has 13 heteroatoms. The maximum absolute atomic E-state index is 13.5. The number of hydrogen-bond donors (Lipinski definition) is 8. The molecule has 0 aromatic rings. The fourth-order valence-corrected chi connectivity index (χ4v) is 4.23. The molecular weight excluding hydrogens is 480 g/mol. The predicted octanol–water partition coefficient (Wildman–Crippen LogP) is -1.73. The van der Waals surface area contributed by atoms with Gasteiger partial charge in [0.2, 0.25) is 17.7 Å². The van der Waals surface area contributed by atoms with Gasteiger partial charge in [0, 0.05) is 19.0 Å². The highest BCUT2D eigenvalue weighted by atomic mass is 16.3. The topological polar surface area (TPSA) is 230 Å². The van der Waals surface area contributed by atoms with E-state index in [2.05, 4.69) is 16.0 Å². The molecule has 1 saturated heterocycles. The molecule has 11 N–H and O–H groups in total. The number of nitrogens with two attached hydrogens (primary N) is 3. The number of hydrogen-bond acceptors (Lipinski definition) is 8. The van der Waals surface area contributed by atoms with Gasteiger partial charge in [0.1, 0.15) is 18.1 Å². The van der Waals surface area contributed by atoms with Gasteiger partial charge in [0.05, 0.1) is 12.1 Å². The molecule has 0 unspecified atom stereocenters. The average molecular weight is 527 g/mol. The number of aliphatic hydroxyl groups is 1. The lowest BCUT2D eigenvalue weighted by Gasteiger charge is -2.30. The van der Waals surface area contributed by atoms with Gasteiger partial charge >= 0.3 is 0 Å². The Hall–Kier alpha value is -2.77. The Morgan fingerprint density at radius 1 is 1.05 bits per heavy atom. The number of carbonyl (C=O) groups excluding carboxylic acids is 4. The second-order valence-corrected chi connectivity index (χ2v) is 9.90. The van der Waals surface area contributed by atoms with Crippen molar-refractivity contribution in [2.75, 3.05) is 19.6 Å². The third-order valence-electron chi connectivity index (χ3n) is 6.44. The molecule has 0 aliphatic carbocycles. The summed E-state index contributed by atoms with van der Waals surface area (Å²) < 4.78 is 0. The molecule has 0 aromatic heterocycles. The molecule has 1 rings (SSSR count). The van der Waals surface area contributed by atoms with E-state index >= 15 is 0 Å². The number of guanidine groups is 1. The molecule has 0 saturated carbocycles. The summed E-state index contributed by atoms with van der Waals surface area (Å²) in [7, 11) is 0. The molecule has 0 spiro atoms. The third-order valence-corrected chi connectivity index (χ3v) is 6.44. The second-order valence-electron chi connectivity index (χ2n) is 9.90. The van der Waals surface area contributed by atoms with Crippen LogP contribution in [0.5, 0.6) is 0 Å². The number of nitrogens with zero attached hydrogens (tertiary/aromatic N) is 1. The largest absolute Gasteiger partial charge is 0.391 e. The first-order valence-electron chi connectivity index (χ1n) is 13.1. The highest BCUT2D eigenvalue weighted by Gasteiger charge is 2.39. The highest BCUT2D eigenvalue weighted by molar-refractivity contribution is 5.95. The lowest BCUT2D eigenvalue weighted by atomic mass is 9.97. The average Bonchev–Trinajstić information content (AvgIpc) is 3.33. The van der Waals surface area contributed by atoms with E-state index in [-0.39, 0.29) is 17.7 Å². The zero-order valence-electron chi connectivity index (χ0n) is 22.3. The minimum Gasteiger partial charge on any atom is -0.391 e. The normalized spacial score (nSPS) is 18.6. The van der Waals surface area contributed by atoms with E-state index in [1.807, 2.05) is 0 Å². The van der Waals surface area contributed by atoms with Crippen LogP contribution in [0.1, 0.15) is 65.7 Å². The van der Waals surface area contributed by atoms with Crippen molar-refractivity contribution < 1.29 is 24.3 Å². The van der Waals surface area contributed by atoms with Crippen LogP contribution < -0.4 is 33.2 Å². The molecule has 5 atom stereocenters. The molecule has 0 aromatic carbocycles. The number of nitrogens with one attached hydrogen (secondary N) is 4. The predicted molar refractivity (Wildman–Crippen MR) is 140 cm³/mol. The maximum Gasteiger partial charge on any atom is 0.245 e. The lowest BCUT2D eigenvalue weighted by molar-refractivity contribution is -0.142. The number of unbranched alkanes of at least 4 members (excludes halogenated alkanes) is 1. The molecule has 3 amide bonds. The molecule has 37 heavy (non-hydrogen) atoms. The summed E-state index contributed by atoms with van der Waals surface area (Å²) in [6.07, 6.45) is 2.37. The SMILES string of the molecule is CC(C)C(=O)[C@H](CCCNC(=N)N)NC(=O)[C@@H]1CCCN1C(=O)[C@H](CCCCN)NC(=O)[C@@H](N)[C@@H](C)O. The molecular formula is C24H46N8O5. The summed E-state index contributed by atoms with van der Waals surface area (Å²) >= 11 is 0. The van der Waals surface area contributed by atoms with Gasteiger partial charge in [-0.05, 0) is 58.4 Å². The van der Waals surface area contributed by atoms with Crippen molar-refractivity contribution in [3.63, 3.8) is 0 Å². The van der Waals surface area contributed by atoms with Gasteiger partial charge in [-0.2, -0.15) is 0 Å². The standard InChI is InChI=1S/C24H46N8O5/c1-14(2)20(34)16(9-6-12-29-24(27)28)30-21(35)18-10-7-13-32(18)23(37)17(8-4-5-11-25)31-22(36)19(26)15(3)33/h14-19,33H,4-13,25-26H2,1-3H3,(H,30,35)(H,31,36)(H4,27,28,29)/t15-,16+,17+,18+,19+/m1/s1. The van der Waals surface area contributed by atoms with Crippen LogP contribution in [-0.4, -0.2) is 89.4 Å². The minimum absolute atomic E-state index is 0.119. The summed E-state index contributed by atoms with van der Waals surface area (Å²) in [6, 6.07) is -3.61. The third kappa shape index (κ3) is 10.6. The van der Waals surface area contributed by atoms with Gasteiger partial charge in [-0.1, -0.05) is 13.8 Å². The smallest absolute Gasteiger partial charge is 0.245 e. The fourth-order valence-electron chi connectivity index (χ4n) is 4.23. The molecule has 1 aliphatic heterocycles. The van der Waals surface area contributed by atoms with Crippen LogP contribution in [-0.2, 0) is 19.2 Å². The number of amides is 3. The summed E-state index contributed by atoms with van der Waals surface area (Å²) in [5.74, 6) is -2.06. The van der Waals surface area contributed by atoms with Crippen molar-refractivity contribution in [3.05, 3.63) is 0 Å². The monoisotopic (exact) mass is 526 g/mol. The molecule has 1 heterocycles. The number of rotatable bonds is 16. The second kappa shape index (κ2) is 16.2. The van der Waals surface area contributed by atoms with Crippen LogP contribution >= 0.6 is 0 Å². The zero-order chi connectivity index (χ0) is 28.1. The van der Waals surface area contributed by atoms with Crippen LogP contribution in [0.2, 0.25) is 0 Å². The van der Waals surface area contributed by atoms with Crippen molar-refractivity contribution in [2.45, 2.75) is 96.0 Å². The van der Waals surface area contributed by atoms with E-state index in [1.165, 1.54) is 11.8 Å². The molecule has 1 fully saturated rings. The van der Waals surface area contributed by atoms with Gasteiger partial charge in [-0.15, -0.1) is 0 Å². The van der Waals surface area contributed by atoms with Crippen LogP contribution in [0.15, 0.2) is 0 Å². The van der Waals surface area contributed by atoms with Gasteiger partial charge in [0.25, 0.3) is 0 Å². The Labute approximate surface area is 219 Å². The van der Waals surface area contributed by atoms with Crippen LogP contribution in [0.25, 0.3) is 0 Å². The Morgan fingerprint density at radius 2 is 1.70 bits per heavy atom. The minimum atomic E-state index is -1.19. The summed E-state index contributed by atoms with van der Waals surface area (Å²) in [4.78, 5) is 53.4. The first-order valence-corrected chi connectivity index (χ1v) is 13.1. The number of ketones is 1. The molecule has 0 radical (unpaired) electrons. The number of aliphatic hydroxyl groups excluding tert-OH is 1.